The van der Waals surface area contributed by atoms with Gasteiger partial charge in [0.15, 0.2) is 5.82 Å². The van der Waals surface area contributed by atoms with Gasteiger partial charge in [0.1, 0.15) is 17.3 Å². The number of halogens is 6. The maximum Gasteiger partial charge on any atom is 0.490 e. The monoisotopic (exact) mass is 621 g/mol. The normalized spacial score (nSPS) is 16.7. The number of carboxylic acids is 2. The summed E-state index contributed by atoms with van der Waals surface area (Å²) in [5, 5.41) is 23.4. The van der Waals surface area contributed by atoms with E-state index in [9.17, 15) is 26.3 Å². The smallest absolute Gasteiger partial charge is 0.490 e. The summed E-state index contributed by atoms with van der Waals surface area (Å²) in [5.41, 5.74) is 1.12. The first-order valence-electron chi connectivity index (χ1n) is 12.7. The van der Waals surface area contributed by atoms with Gasteiger partial charge in [-0.15, -0.1) is 10.2 Å². The van der Waals surface area contributed by atoms with Crippen LogP contribution in [0.25, 0.3) is 11.4 Å². The van der Waals surface area contributed by atoms with E-state index < -0.39 is 24.3 Å². The Kier molecular flexibility index (Phi) is 10.4. The predicted molar refractivity (Wildman–Crippen MR) is 137 cm³/mol. The Balaban J connectivity index is 0.000000303. The van der Waals surface area contributed by atoms with Crippen molar-refractivity contribution in [2.45, 2.75) is 43.8 Å². The number of benzene rings is 1. The Morgan fingerprint density at radius 3 is 2.00 bits per heavy atom. The molecule has 5 rings (SSSR count). The number of hydrogen-bond donors (Lipinski definition) is 2. The van der Waals surface area contributed by atoms with Crippen molar-refractivity contribution in [3.63, 3.8) is 0 Å². The molecule has 1 spiro atoms. The molecule has 236 valence electrons. The van der Waals surface area contributed by atoms with Crippen LogP contribution in [0, 0.1) is 0 Å². The van der Waals surface area contributed by atoms with Crippen LogP contribution in [0.3, 0.4) is 0 Å². The van der Waals surface area contributed by atoms with Crippen LogP contribution in [0.1, 0.15) is 24.4 Å². The second-order valence-electron chi connectivity index (χ2n) is 9.86. The number of aliphatic carboxylic acids is 2. The van der Waals surface area contributed by atoms with Crippen molar-refractivity contribution in [2.75, 3.05) is 33.8 Å². The minimum absolute atomic E-state index is 0.0285. The van der Waals surface area contributed by atoms with E-state index in [0.29, 0.717) is 0 Å². The second kappa shape index (κ2) is 13.5. The molecule has 2 aromatic heterocycles. The molecule has 0 unspecified atom stereocenters. The first-order chi connectivity index (χ1) is 20.1. The van der Waals surface area contributed by atoms with Gasteiger partial charge < -0.3 is 23.9 Å². The number of nitrogens with zero attached hydrogens (tertiary/aromatic N) is 5. The van der Waals surface area contributed by atoms with E-state index in [2.05, 4.69) is 49.8 Å². The molecule has 1 saturated heterocycles. The Morgan fingerprint density at radius 2 is 1.53 bits per heavy atom. The van der Waals surface area contributed by atoms with E-state index >= 15 is 0 Å². The van der Waals surface area contributed by atoms with Crippen LogP contribution in [-0.4, -0.2) is 92.9 Å². The maximum absolute atomic E-state index is 10.6. The van der Waals surface area contributed by atoms with Gasteiger partial charge in [0.05, 0.1) is 32.0 Å². The lowest BCUT2D eigenvalue weighted by Gasteiger charge is -2.48. The van der Waals surface area contributed by atoms with Crippen molar-refractivity contribution in [3.8, 4) is 17.1 Å². The van der Waals surface area contributed by atoms with E-state index in [-0.39, 0.29) is 5.54 Å². The van der Waals surface area contributed by atoms with Crippen LogP contribution in [0.2, 0.25) is 0 Å². The number of fused-ring (bicyclic) bond motifs is 2. The molecule has 0 atom stereocenters. The van der Waals surface area contributed by atoms with Gasteiger partial charge in [-0.1, -0.05) is 0 Å². The summed E-state index contributed by atoms with van der Waals surface area (Å²) in [6.45, 7) is 4.80. The van der Waals surface area contributed by atoms with Crippen LogP contribution in [0.15, 0.2) is 47.1 Å². The number of piperidine rings is 1. The number of alkyl halides is 6. The molecule has 4 heterocycles. The molecule has 0 saturated carbocycles. The highest BCUT2D eigenvalue weighted by Gasteiger charge is 2.43. The number of hydrogen-bond acceptors (Lipinski definition) is 8. The topological polar surface area (TPSA) is 134 Å². The Labute approximate surface area is 241 Å². The van der Waals surface area contributed by atoms with Crippen LogP contribution in [-0.2, 0) is 28.2 Å². The standard InChI is InChI=1S/C22H27N5O2.2C2HF3O2/c1-25-15-20-23-24-21(17-5-7-18(28-2)8-6-17)27(20)22(16-25)9-11-26(12-10-22)14-19-4-3-13-29-19;2*3-2(4,5)1(6)7/h3-8,13H,9-12,14-16H2,1-2H3;2*(H,6,7). The molecule has 2 aliphatic rings. The van der Waals surface area contributed by atoms with Gasteiger partial charge in [0.2, 0.25) is 0 Å². The van der Waals surface area contributed by atoms with Crippen LogP contribution >= 0.6 is 0 Å². The van der Waals surface area contributed by atoms with E-state index in [1.807, 2.05) is 18.2 Å². The number of carbonyl (C=O) groups is 2. The lowest BCUT2D eigenvalue weighted by atomic mass is 9.84. The highest BCUT2D eigenvalue weighted by atomic mass is 19.4. The summed E-state index contributed by atoms with van der Waals surface area (Å²) >= 11 is 0. The Bertz CT molecular complexity index is 1330. The molecule has 17 heteroatoms. The highest BCUT2D eigenvalue weighted by molar-refractivity contribution is 5.73. The lowest BCUT2D eigenvalue weighted by molar-refractivity contribution is -0.193. The fourth-order valence-corrected chi connectivity index (χ4v) is 4.85. The number of likely N-dealkylation sites (tertiary alicyclic amines) is 1. The number of furan rings is 1. The van der Waals surface area contributed by atoms with Gasteiger partial charge in [0.25, 0.3) is 0 Å². The molecule has 0 radical (unpaired) electrons. The SMILES string of the molecule is COc1ccc(-c2nnc3n2C2(CCN(Cc4ccco4)CC2)CN(C)C3)cc1.O=C(O)C(F)(F)F.O=C(O)C(F)(F)F. The van der Waals surface area contributed by atoms with Crippen molar-refractivity contribution in [1.82, 2.24) is 24.6 Å². The predicted octanol–water partition coefficient (Wildman–Crippen LogP) is 4.25. The largest absolute Gasteiger partial charge is 0.497 e. The fourth-order valence-electron chi connectivity index (χ4n) is 4.85. The third kappa shape index (κ3) is 8.70. The van der Waals surface area contributed by atoms with Crippen LogP contribution < -0.4 is 4.74 Å². The second-order valence-corrected chi connectivity index (χ2v) is 9.86. The lowest BCUT2D eigenvalue weighted by Crippen LogP contribution is -2.55. The first kappa shape index (κ1) is 33.4. The van der Waals surface area contributed by atoms with Crippen LogP contribution in [0.5, 0.6) is 5.75 Å². The van der Waals surface area contributed by atoms with E-state index in [0.717, 1.165) is 74.3 Å². The molecule has 3 aromatic rings. The summed E-state index contributed by atoms with van der Waals surface area (Å²) in [7, 11) is 3.87. The molecule has 1 aromatic carbocycles. The molecule has 2 aliphatic heterocycles. The van der Waals surface area contributed by atoms with E-state index in [1.54, 1.807) is 13.4 Å². The van der Waals surface area contributed by atoms with Gasteiger partial charge >= 0.3 is 24.3 Å². The molecule has 2 N–H and O–H groups in total. The molecule has 0 amide bonds. The molecular weight excluding hydrogens is 592 g/mol. The quantitative estimate of drug-likeness (QED) is 0.408. The Morgan fingerprint density at radius 1 is 0.977 bits per heavy atom. The molecule has 0 bridgehead atoms. The van der Waals surface area contributed by atoms with Crippen molar-refractivity contribution < 1.29 is 55.3 Å². The van der Waals surface area contributed by atoms with E-state index in [1.165, 1.54) is 0 Å². The van der Waals surface area contributed by atoms with Gasteiger partial charge in [-0.05, 0) is 56.3 Å². The molecule has 11 nitrogen and oxygen atoms in total. The van der Waals surface area contributed by atoms with Gasteiger partial charge in [-0.25, -0.2) is 9.59 Å². The first-order valence-corrected chi connectivity index (χ1v) is 12.7. The zero-order chi connectivity index (χ0) is 32.0. The summed E-state index contributed by atoms with van der Waals surface area (Å²) < 4.78 is 76.8. The number of carboxylic acid groups (broad SMARTS) is 2. The summed E-state index contributed by atoms with van der Waals surface area (Å²) in [6.07, 6.45) is -6.26. The number of aromatic nitrogens is 3. The Hall–Kier alpha value is -4.12. The average Bonchev–Trinajstić information content (AvgIpc) is 3.60. The molecule has 0 aliphatic carbocycles. The van der Waals surface area contributed by atoms with Crippen LogP contribution in [0.4, 0.5) is 26.3 Å². The molecular formula is C26H29F6N5O6. The van der Waals surface area contributed by atoms with E-state index in [4.69, 9.17) is 29.0 Å². The average molecular weight is 622 g/mol. The molecule has 43 heavy (non-hydrogen) atoms. The van der Waals surface area contributed by atoms with Crippen molar-refractivity contribution >= 4 is 11.9 Å². The van der Waals surface area contributed by atoms with Crippen molar-refractivity contribution in [3.05, 3.63) is 54.2 Å². The van der Waals surface area contributed by atoms with Crippen molar-refractivity contribution in [2.24, 2.45) is 0 Å². The third-order valence-electron chi connectivity index (χ3n) is 6.76. The zero-order valence-electron chi connectivity index (χ0n) is 23.0. The molecule has 1 fully saturated rings. The van der Waals surface area contributed by atoms with Gasteiger partial charge in [-0.3, -0.25) is 9.80 Å². The summed E-state index contributed by atoms with van der Waals surface area (Å²) in [5.74, 6) is -1.60. The summed E-state index contributed by atoms with van der Waals surface area (Å²) in [6, 6.07) is 12.2. The van der Waals surface area contributed by atoms with Crippen molar-refractivity contribution in [1.29, 1.82) is 0 Å². The number of rotatable bonds is 4. The number of likely N-dealkylation sites (N-methyl/N-ethyl adjacent to an activating group) is 1. The minimum Gasteiger partial charge on any atom is -0.497 e. The van der Waals surface area contributed by atoms with Gasteiger partial charge in [0, 0.05) is 25.2 Å². The van der Waals surface area contributed by atoms with Gasteiger partial charge in [-0.2, -0.15) is 26.3 Å². The number of ether oxygens (including phenoxy) is 1. The highest BCUT2D eigenvalue weighted by Crippen LogP contribution is 2.39. The maximum atomic E-state index is 10.6. The zero-order valence-corrected chi connectivity index (χ0v) is 23.0. The number of methoxy groups -OCH3 is 1. The fraction of sp³-hybridized carbons (Fsp3) is 0.462. The minimum atomic E-state index is -5.08. The third-order valence-corrected chi connectivity index (χ3v) is 6.76. The summed E-state index contributed by atoms with van der Waals surface area (Å²) in [4.78, 5) is 22.7.